The molecule has 0 spiro atoms. The van der Waals surface area contributed by atoms with Gasteiger partial charge in [0.25, 0.3) is 0 Å². The van der Waals surface area contributed by atoms with Crippen LogP contribution in [0.2, 0.25) is 0 Å². The first-order valence-corrected chi connectivity index (χ1v) is 5.30. The maximum absolute atomic E-state index is 9.55. The van der Waals surface area contributed by atoms with Crippen LogP contribution >= 0.6 is 0 Å². The smallest absolute Gasteiger partial charge is 0.183 e. The molecule has 1 aliphatic rings. The minimum Gasteiger partial charge on any atom is -0.469 e. The van der Waals surface area contributed by atoms with Gasteiger partial charge in [-0.1, -0.05) is 0 Å². The van der Waals surface area contributed by atoms with E-state index in [0.29, 0.717) is 19.6 Å². The SMILES string of the molecule is O[C@H]1CCCO[C@H]1OCCc1ccco1. The van der Waals surface area contributed by atoms with Gasteiger partial charge in [0, 0.05) is 13.0 Å². The molecule has 1 aromatic rings. The van der Waals surface area contributed by atoms with Gasteiger partial charge in [0.1, 0.15) is 11.9 Å². The lowest BCUT2D eigenvalue weighted by molar-refractivity contribution is -0.214. The molecule has 1 aromatic heterocycles. The van der Waals surface area contributed by atoms with Gasteiger partial charge >= 0.3 is 0 Å². The number of aliphatic hydroxyl groups is 1. The lowest BCUT2D eigenvalue weighted by atomic mass is 10.1. The third kappa shape index (κ3) is 3.06. The van der Waals surface area contributed by atoms with Crippen LogP contribution in [0.5, 0.6) is 0 Å². The molecular weight excluding hydrogens is 196 g/mol. The van der Waals surface area contributed by atoms with E-state index in [2.05, 4.69) is 0 Å². The molecule has 15 heavy (non-hydrogen) atoms. The van der Waals surface area contributed by atoms with Crippen molar-refractivity contribution in [2.45, 2.75) is 31.7 Å². The van der Waals surface area contributed by atoms with Crippen LogP contribution in [0.15, 0.2) is 22.8 Å². The molecule has 0 aliphatic carbocycles. The number of aliphatic hydroxyl groups excluding tert-OH is 1. The van der Waals surface area contributed by atoms with Crippen molar-refractivity contribution >= 4 is 0 Å². The van der Waals surface area contributed by atoms with Gasteiger partial charge in [-0.15, -0.1) is 0 Å². The predicted octanol–water partition coefficient (Wildman–Crippen LogP) is 1.34. The van der Waals surface area contributed by atoms with Crippen LogP contribution in [0.4, 0.5) is 0 Å². The lowest BCUT2D eigenvalue weighted by Gasteiger charge is -2.27. The van der Waals surface area contributed by atoms with Crippen molar-refractivity contribution in [3.63, 3.8) is 0 Å². The molecular formula is C11H16O4. The average Bonchev–Trinajstić information content (AvgIpc) is 2.74. The molecule has 2 heterocycles. The highest BCUT2D eigenvalue weighted by Crippen LogP contribution is 2.15. The zero-order valence-corrected chi connectivity index (χ0v) is 8.59. The van der Waals surface area contributed by atoms with E-state index < -0.39 is 12.4 Å². The first-order valence-electron chi connectivity index (χ1n) is 5.30. The van der Waals surface area contributed by atoms with Crippen molar-refractivity contribution in [3.05, 3.63) is 24.2 Å². The summed E-state index contributed by atoms with van der Waals surface area (Å²) >= 11 is 0. The Morgan fingerprint density at radius 1 is 1.53 bits per heavy atom. The molecule has 1 N–H and O–H groups in total. The number of ether oxygens (including phenoxy) is 2. The van der Waals surface area contributed by atoms with E-state index in [-0.39, 0.29) is 0 Å². The van der Waals surface area contributed by atoms with Crippen molar-refractivity contribution in [3.8, 4) is 0 Å². The van der Waals surface area contributed by atoms with Gasteiger partial charge in [0.15, 0.2) is 6.29 Å². The van der Waals surface area contributed by atoms with Gasteiger partial charge in [-0.2, -0.15) is 0 Å². The Hall–Kier alpha value is -0.840. The number of rotatable bonds is 4. The molecule has 0 amide bonds. The predicted molar refractivity (Wildman–Crippen MR) is 53.3 cm³/mol. The van der Waals surface area contributed by atoms with E-state index in [9.17, 15) is 5.11 Å². The van der Waals surface area contributed by atoms with Crippen molar-refractivity contribution in [1.29, 1.82) is 0 Å². The standard InChI is InChI=1S/C11H16O4/c12-10-4-2-7-14-11(10)15-8-5-9-3-1-6-13-9/h1,3,6,10-12H,2,4-5,7-8H2/t10-,11-/m0/s1. The van der Waals surface area contributed by atoms with Crippen molar-refractivity contribution < 1.29 is 19.0 Å². The largest absolute Gasteiger partial charge is 0.469 e. The highest BCUT2D eigenvalue weighted by Gasteiger charge is 2.24. The van der Waals surface area contributed by atoms with Gasteiger partial charge in [-0.3, -0.25) is 0 Å². The van der Waals surface area contributed by atoms with E-state index >= 15 is 0 Å². The van der Waals surface area contributed by atoms with Gasteiger partial charge in [0.05, 0.1) is 12.9 Å². The van der Waals surface area contributed by atoms with Gasteiger partial charge in [-0.25, -0.2) is 0 Å². The highest BCUT2D eigenvalue weighted by atomic mass is 16.7. The number of hydrogen-bond donors (Lipinski definition) is 1. The van der Waals surface area contributed by atoms with Gasteiger partial charge in [-0.05, 0) is 25.0 Å². The van der Waals surface area contributed by atoms with Crippen LogP contribution in [0.3, 0.4) is 0 Å². The molecule has 4 heteroatoms. The highest BCUT2D eigenvalue weighted by molar-refractivity contribution is 4.97. The Bertz CT molecular complexity index is 270. The van der Waals surface area contributed by atoms with Crippen LogP contribution in [0.1, 0.15) is 18.6 Å². The zero-order valence-electron chi connectivity index (χ0n) is 8.59. The van der Waals surface area contributed by atoms with Crippen molar-refractivity contribution in [1.82, 2.24) is 0 Å². The van der Waals surface area contributed by atoms with Crippen molar-refractivity contribution in [2.24, 2.45) is 0 Å². The molecule has 1 saturated heterocycles. The fourth-order valence-corrected chi connectivity index (χ4v) is 1.63. The van der Waals surface area contributed by atoms with Crippen molar-refractivity contribution in [2.75, 3.05) is 13.2 Å². The third-order valence-corrected chi connectivity index (χ3v) is 2.45. The maximum Gasteiger partial charge on any atom is 0.183 e. The molecule has 0 aromatic carbocycles. The maximum atomic E-state index is 9.55. The molecule has 84 valence electrons. The van der Waals surface area contributed by atoms with E-state index in [1.54, 1.807) is 6.26 Å². The summed E-state index contributed by atoms with van der Waals surface area (Å²) in [6.45, 7) is 1.18. The Morgan fingerprint density at radius 2 is 2.47 bits per heavy atom. The molecule has 0 radical (unpaired) electrons. The lowest BCUT2D eigenvalue weighted by Crippen LogP contribution is -2.36. The second-order valence-electron chi connectivity index (χ2n) is 3.65. The second-order valence-corrected chi connectivity index (χ2v) is 3.65. The van der Waals surface area contributed by atoms with Crippen LogP contribution in [0, 0.1) is 0 Å². The minimum absolute atomic E-state index is 0.464. The van der Waals surface area contributed by atoms with Gasteiger partial charge < -0.3 is 19.0 Å². The average molecular weight is 212 g/mol. The first kappa shape index (κ1) is 10.7. The summed E-state index contributed by atoms with van der Waals surface area (Å²) in [5.74, 6) is 0.889. The Morgan fingerprint density at radius 3 is 3.20 bits per heavy atom. The van der Waals surface area contributed by atoms with E-state index in [1.165, 1.54) is 0 Å². The Kier molecular flexibility index (Phi) is 3.77. The Labute approximate surface area is 88.8 Å². The normalized spacial score (nSPS) is 26.7. The van der Waals surface area contributed by atoms with E-state index in [4.69, 9.17) is 13.9 Å². The molecule has 0 saturated carbocycles. The third-order valence-electron chi connectivity index (χ3n) is 2.45. The molecule has 0 unspecified atom stereocenters. The fourth-order valence-electron chi connectivity index (χ4n) is 1.63. The van der Waals surface area contributed by atoms with Crippen LogP contribution in [-0.2, 0) is 15.9 Å². The first-order chi connectivity index (χ1) is 7.36. The molecule has 2 rings (SSSR count). The molecule has 2 atom stereocenters. The molecule has 1 fully saturated rings. The van der Waals surface area contributed by atoms with Gasteiger partial charge in [0.2, 0.25) is 0 Å². The van der Waals surface area contributed by atoms with Crippen LogP contribution < -0.4 is 0 Å². The summed E-state index contributed by atoms with van der Waals surface area (Å²) in [5.41, 5.74) is 0. The molecule has 1 aliphatic heterocycles. The minimum atomic E-state index is -0.490. The second kappa shape index (κ2) is 5.30. The van der Waals surface area contributed by atoms with Crippen LogP contribution in [-0.4, -0.2) is 30.7 Å². The monoisotopic (exact) mass is 212 g/mol. The molecule has 4 nitrogen and oxygen atoms in total. The zero-order chi connectivity index (χ0) is 10.5. The summed E-state index contributed by atoms with van der Waals surface area (Å²) in [7, 11) is 0. The summed E-state index contributed by atoms with van der Waals surface area (Å²) in [6, 6.07) is 3.75. The topological polar surface area (TPSA) is 51.8 Å². The summed E-state index contributed by atoms with van der Waals surface area (Å²) in [5, 5.41) is 9.55. The van der Waals surface area contributed by atoms with E-state index in [1.807, 2.05) is 12.1 Å². The quantitative estimate of drug-likeness (QED) is 0.818. The van der Waals surface area contributed by atoms with Crippen LogP contribution in [0.25, 0.3) is 0 Å². The molecule has 0 bridgehead atoms. The number of hydrogen-bond acceptors (Lipinski definition) is 4. The fraction of sp³-hybridized carbons (Fsp3) is 0.636. The Balaban J connectivity index is 1.68. The number of furan rings is 1. The summed E-state index contributed by atoms with van der Waals surface area (Å²) in [6.07, 6.45) is 3.05. The summed E-state index contributed by atoms with van der Waals surface area (Å²) < 4.78 is 15.9. The van der Waals surface area contributed by atoms with E-state index in [0.717, 1.165) is 18.6 Å². The summed E-state index contributed by atoms with van der Waals surface area (Å²) in [4.78, 5) is 0.